The number of hydrogen-bond acceptors (Lipinski definition) is 11. The molecule has 0 aromatic heterocycles. The molecule has 0 aliphatic heterocycles. The van der Waals surface area contributed by atoms with Crippen LogP contribution in [0, 0.1) is 5.92 Å². The van der Waals surface area contributed by atoms with E-state index in [1.54, 1.807) is 28.3 Å². The molecule has 0 fully saturated rings. The van der Waals surface area contributed by atoms with Crippen molar-refractivity contribution in [3.05, 3.63) is 0 Å². The van der Waals surface area contributed by atoms with Crippen LogP contribution in [0.4, 0.5) is 0 Å². The molecule has 11 nitrogen and oxygen atoms in total. The molecule has 31 heavy (non-hydrogen) atoms. The summed E-state index contributed by atoms with van der Waals surface area (Å²) in [5, 5.41) is 13.0. The summed E-state index contributed by atoms with van der Waals surface area (Å²) < 4.78 is 56.0. The summed E-state index contributed by atoms with van der Waals surface area (Å²) in [7, 11) is -2.02. The van der Waals surface area contributed by atoms with Gasteiger partial charge in [0.05, 0.1) is 18.6 Å². The van der Waals surface area contributed by atoms with E-state index < -0.39 is 36.7 Å². The van der Waals surface area contributed by atoms with Crippen molar-refractivity contribution in [2.75, 3.05) is 71.5 Å². The zero-order valence-corrected chi connectivity index (χ0v) is 21.3. The lowest BCUT2D eigenvalue weighted by atomic mass is 10.2. The lowest BCUT2D eigenvalue weighted by Crippen LogP contribution is -2.42. The van der Waals surface area contributed by atoms with Gasteiger partial charge >= 0.3 is 14.8 Å². The SMILES string of the molecule is CO[Si](CCCOCC(O)CNCCSCC(C)C(=O)OCCS(=O)(=O)O)(OC)OC. The molecule has 186 valence electrons. The first-order chi connectivity index (χ1) is 14.6. The Kier molecular flexibility index (Phi) is 17.1. The number of hydrogen-bond donors (Lipinski definition) is 3. The highest BCUT2D eigenvalue weighted by Crippen LogP contribution is 2.14. The molecule has 14 heteroatoms. The first kappa shape index (κ1) is 30.7. The quantitative estimate of drug-likeness (QED) is 0.0882. The van der Waals surface area contributed by atoms with Gasteiger partial charge in [-0.3, -0.25) is 9.35 Å². The Labute approximate surface area is 190 Å². The van der Waals surface area contributed by atoms with Gasteiger partial charge in [-0.1, -0.05) is 6.92 Å². The van der Waals surface area contributed by atoms with Crippen LogP contribution in [0.1, 0.15) is 13.3 Å². The molecule has 0 aromatic carbocycles. The van der Waals surface area contributed by atoms with E-state index >= 15 is 0 Å². The van der Waals surface area contributed by atoms with Crippen molar-refractivity contribution >= 4 is 36.7 Å². The molecule has 0 aliphatic carbocycles. The Bertz CT molecular complexity index is 569. The average Bonchev–Trinajstić information content (AvgIpc) is 2.72. The number of esters is 1. The fourth-order valence-corrected chi connectivity index (χ4v) is 5.28. The minimum atomic E-state index is -4.13. The predicted octanol–water partition coefficient (Wildman–Crippen LogP) is 0.0220. The van der Waals surface area contributed by atoms with Gasteiger partial charge in [0, 0.05) is 58.6 Å². The van der Waals surface area contributed by atoms with Crippen molar-refractivity contribution in [1.82, 2.24) is 5.32 Å². The molecule has 0 saturated heterocycles. The Balaban J connectivity index is 3.69. The van der Waals surface area contributed by atoms with Gasteiger partial charge in [0.1, 0.15) is 12.4 Å². The number of rotatable bonds is 20. The second kappa shape index (κ2) is 17.2. The van der Waals surface area contributed by atoms with Crippen LogP contribution in [0.15, 0.2) is 0 Å². The van der Waals surface area contributed by atoms with Crippen LogP contribution < -0.4 is 5.32 Å². The molecule has 0 aliphatic rings. The van der Waals surface area contributed by atoms with Crippen molar-refractivity contribution in [1.29, 1.82) is 0 Å². The molecule has 0 spiro atoms. The van der Waals surface area contributed by atoms with E-state index in [1.807, 2.05) is 0 Å². The topological polar surface area (TPSA) is 150 Å². The third kappa shape index (κ3) is 16.0. The van der Waals surface area contributed by atoms with Gasteiger partial charge in [0.2, 0.25) is 0 Å². The Morgan fingerprint density at radius 3 is 2.39 bits per heavy atom. The van der Waals surface area contributed by atoms with Crippen LogP contribution in [0.25, 0.3) is 0 Å². The summed E-state index contributed by atoms with van der Waals surface area (Å²) >= 11 is 1.54. The largest absolute Gasteiger partial charge is 0.500 e. The lowest BCUT2D eigenvalue weighted by molar-refractivity contribution is -0.146. The normalized spacial score (nSPS) is 14.4. The van der Waals surface area contributed by atoms with Crippen LogP contribution in [-0.4, -0.2) is 110 Å². The minimum absolute atomic E-state index is 0.216. The second-order valence-electron chi connectivity index (χ2n) is 6.76. The summed E-state index contributed by atoms with van der Waals surface area (Å²) in [6.45, 7) is 3.05. The maximum atomic E-state index is 11.7. The van der Waals surface area contributed by atoms with Gasteiger partial charge in [0.15, 0.2) is 0 Å². The monoisotopic (exact) mass is 507 g/mol. The van der Waals surface area contributed by atoms with E-state index in [2.05, 4.69) is 5.32 Å². The van der Waals surface area contributed by atoms with Crippen molar-refractivity contribution in [3.8, 4) is 0 Å². The van der Waals surface area contributed by atoms with Crippen LogP contribution in [0.5, 0.6) is 0 Å². The molecule has 0 aromatic rings. The number of carbonyl (C=O) groups is 1. The Hall–Kier alpha value is -0.293. The highest BCUT2D eigenvalue weighted by Gasteiger charge is 2.36. The zero-order valence-electron chi connectivity index (χ0n) is 18.7. The van der Waals surface area contributed by atoms with E-state index in [9.17, 15) is 18.3 Å². The van der Waals surface area contributed by atoms with Gasteiger partial charge < -0.3 is 33.2 Å². The Morgan fingerprint density at radius 2 is 1.81 bits per heavy atom. The summed E-state index contributed by atoms with van der Waals surface area (Å²) in [6, 6.07) is 0.634. The molecule has 0 heterocycles. The number of thioether (sulfide) groups is 1. The molecule has 3 N–H and O–H groups in total. The molecular weight excluding hydrogens is 470 g/mol. The third-order valence-electron chi connectivity index (χ3n) is 4.17. The highest BCUT2D eigenvalue weighted by molar-refractivity contribution is 7.99. The summed E-state index contributed by atoms with van der Waals surface area (Å²) in [5.74, 6) is -0.245. The van der Waals surface area contributed by atoms with E-state index in [1.165, 1.54) is 11.8 Å². The molecule has 2 unspecified atom stereocenters. The molecule has 0 bridgehead atoms. The second-order valence-corrected chi connectivity index (χ2v) is 12.6. The number of nitrogens with one attached hydrogen (secondary N) is 1. The minimum Gasteiger partial charge on any atom is -0.464 e. The van der Waals surface area contributed by atoms with Crippen LogP contribution in [0.3, 0.4) is 0 Å². The van der Waals surface area contributed by atoms with E-state index in [0.717, 1.165) is 5.75 Å². The molecule has 0 rings (SSSR count). The standard InChI is InChI=1S/C17H37NO10S2Si/c1-15(17(20)28-8-10-30(21,22)23)14-29-9-6-18-12-16(19)13-27-7-5-11-31(24-2,25-3)26-4/h15-16,18-19H,5-14H2,1-4H3,(H,21,22,23). The maximum absolute atomic E-state index is 11.7. The molecular formula is C17H37NO10S2Si. The number of aliphatic hydroxyl groups is 1. The summed E-state index contributed by atoms with van der Waals surface area (Å²) in [4.78, 5) is 11.7. The van der Waals surface area contributed by atoms with Gasteiger partial charge in [0.25, 0.3) is 10.1 Å². The molecule has 2 atom stereocenters. The first-order valence-electron chi connectivity index (χ1n) is 9.90. The van der Waals surface area contributed by atoms with E-state index in [4.69, 9.17) is 27.3 Å². The van der Waals surface area contributed by atoms with Crippen molar-refractivity contribution in [2.45, 2.75) is 25.5 Å². The fraction of sp³-hybridized carbons (Fsp3) is 0.941. The number of ether oxygens (including phenoxy) is 2. The van der Waals surface area contributed by atoms with Crippen LogP contribution >= 0.6 is 11.8 Å². The number of carbonyl (C=O) groups excluding carboxylic acids is 1. The molecule has 0 radical (unpaired) electrons. The molecule has 0 saturated carbocycles. The third-order valence-corrected chi connectivity index (χ3v) is 8.92. The van der Waals surface area contributed by atoms with E-state index in [-0.39, 0.29) is 19.1 Å². The lowest BCUT2D eigenvalue weighted by Gasteiger charge is -2.24. The van der Waals surface area contributed by atoms with Gasteiger partial charge in [-0.2, -0.15) is 20.2 Å². The Morgan fingerprint density at radius 1 is 1.16 bits per heavy atom. The number of aliphatic hydroxyl groups excluding tert-OH is 1. The average molecular weight is 508 g/mol. The predicted molar refractivity (Wildman–Crippen MR) is 120 cm³/mol. The smallest absolute Gasteiger partial charge is 0.464 e. The van der Waals surface area contributed by atoms with Crippen molar-refractivity contribution in [2.24, 2.45) is 5.92 Å². The maximum Gasteiger partial charge on any atom is 0.500 e. The molecule has 0 amide bonds. The van der Waals surface area contributed by atoms with Crippen molar-refractivity contribution in [3.63, 3.8) is 0 Å². The summed E-state index contributed by atoms with van der Waals surface area (Å²) in [5.41, 5.74) is 0. The summed E-state index contributed by atoms with van der Waals surface area (Å²) in [6.07, 6.45) is 0.0746. The van der Waals surface area contributed by atoms with Gasteiger partial charge in [-0.05, 0) is 6.42 Å². The van der Waals surface area contributed by atoms with Crippen LogP contribution in [-0.2, 0) is 37.7 Å². The zero-order chi connectivity index (χ0) is 23.8. The van der Waals surface area contributed by atoms with E-state index in [0.29, 0.717) is 37.9 Å². The fourth-order valence-electron chi connectivity index (χ4n) is 2.36. The van der Waals surface area contributed by atoms with Gasteiger partial charge in [-0.15, -0.1) is 0 Å². The van der Waals surface area contributed by atoms with Gasteiger partial charge in [-0.25, -0.2) is 0 Å². The van der Waals surface area contributed by atoms with Crippen molar-refractivity contribution < 1.29 is 45.6 Å². The van der Waals surface area contributed by atoms with Crippen LogP contribution in [0.2, 0.25) is 6.04 Å². The first-order valence-corrected chi connectivity index (χ1v) is 14.6. The highest BCUT2D eigenvalue weighted by atomic mass is 32.2.